The number of morpholine rings is 1. The highest BCUT2D eigenvalue weighted by Gasteiger charge is 2.38. The molecular formula is C23H33N5O3S. The Bertz CT molecular complexity index is 943. The summed E-state index contributed by atoms with van der Waals surface area (Å²) in [7, 11) is 1.64. The van der Waals surface area contributed by atoms with Crippen LogP contribution < -0.4 is 10.1 Å². The van der Waals surface area contributed by atoms with Gasteiger partial charge in [-0.3, -0.25) is 19.4 Å². The van der Waals surface area contributed by atoms with Crippen molar-refractivity contribution in [1.29, 1.82) is 0 Å². The Morgan fingerprint density at radius 1 is 1.22 bits per heavy atom. The molecule has 0 radical (unpaired) electrons. The summed E-state index contributed by atoms with van der Waals surface area (Å²) in [5, 5.41) is 10.5. The number of carbonyl (C=O) groups excluding carboxylic acids is 1. The Kier molecular flexibility index (Phi) is 7.59. The molecule has 2 aliphatic rings. The number of nitrogens with zero attached hydrogens (tertiary/aromatic N) is 3. The summed E-state index contributed by atoms with van der Waals surface area (Å²) in [4.78, 5) is 15.3. The average Bonchev–Trinajstić information content (AvgIpc) is 3.22. The molecule has 2 heterocycles. The third-order valence-electron chi connectivity index (χ3n) is 6.75. The molecular weight excluding hydrogens is 426 g/mol. The maximum Gasteiger partial charge on any atom is 0.221 e. The largest absolute Gasteiger partial charge is 0.497 e. The molecule has 32 heavy (non-hydrogen) atoms. The second-order valence-electron chi connectivity index (χ2n) is 8.64. The van der Waals surface area contributed by atoms with Gasteiger partial charge in [0.05, 0.1) is 20.3 Å². The van der Waals surface area contributed by atoms with Gasteiger partial charge in [0, 0.05) is 43.7 Å². The molecule has 2 N–H and O–H groups in total. The molecule has 0 unspecified atom stereocenters. The molecule has 0 spiro atoms. The Labute approximate surface area is 194 Å². The minimum Gasteiger partial charge on any atom is -0.497 e. The van der Waals surface area contributed by atoms with Crippen LogP contribution in [0.25, 0.3) is 11.4 Å². The van der Waals surface area contributed by atoms with Crippen molar-refractivity contribution in [3.8, 4) is 17.1 Å². The van der Waals surface area contributed by atoms with Crippen molar-refractivity contribution in [3.63, 3.8) is 0 Å². The van der Waals surface area contributed by atoms with E-state index in [0.717, 1.165) is 56.3 Å². The molecule has 4 rings (SSSR count). The fourth-order valence-electron chi connectivity index (χ4n) is 4.90. The number of aromatic amines is 1. The number of H-pyrrole nitrogens is 1. The summed E-state index contributed by atoms with van der Waals surface area (Å²) in [6.07, 6.45) is 6.37. The molecule has 1 aliphatic carbocycles. The summed E-state index contributed by atoms with van der Waals surface area (Å²) in [6.45, 7) is 4.64. The minimum atomic E-state index is 0.0481. The van der Waals surface area contributed by atoms with E-state index < -0.39 is 0 Å². The van der Waals surface area contributed by atoms with Gasteiger partial charge in [-0.15, -0.1) is 0 Å². The van der Waals surface area contributed by atoms with Crippen LogP contribution in [0.15, 0.2) is 24.3 Å². The molecule has 1 saturated carbocycles. The number of ether oxygens (including phenoxy) is 2. The minimum absolute atomic E-state index is 0.0481. The number of rotatable bonds is 8. The van der Waals surface area contributed by atoms with Gasteiger partial charge in [-0.05, 0) is 49.3 Å². The molecule has 1 aromatic carbocycles. The highest BCUT2D eigenvalue weighted by Crippen LogP contribution is 2.34. The van der Waals surface area contributed by atoms with Gasteiger partial charge in [0.1, 0.15) is 5.75 Å². The fourth-order valence-corrected chi connectivity index (χ4v) is 5.13. The van der Waals surface area contributed by atoms with Crippen molar-refractivity contribution in [2.24, 2.45) is 0 Å². The highest BCUT2D eigenvalue weighted by atomic mass is 32.1. The zero-order chi connectivity index (χ0) is 22.4. The van der Waals surface area contributed by atoms with E-state index in [1.165, 1.54) is 19.3 Å². The Balaban J connectivity index is 1.37. The third-order valence-corrected chi connectivity index (χ3v) is 7.06. The van der Waals surface area contributed by atoms with Crippen LogP contribution in [0.5, 0.6) is 5.75 Å². The molecule has 8 nitrogen and oxygen atoms in total. The highest BCUT2D eigenvalue weighted by molar-refractivity contribution is 7.71. The molecule has 174 valence electrons. The van der Waals surface area contributed by atoms with Crippen LogP contribution in [0, 0.1) is 4.77 Å². The van der Waals surface area contributed by atoms with Crippen LogP contribution >= 0.6 is 12.2 Å². The quantitative estimate of drug-likeness (QED) is 0.590. The van der Waals surface area contributed by atoms with Crippen molar-refractivity contribution in [2.75, 3.05) is 40.0 Å². The summed E-state index contributed by atoms with van der Waals surface area (Å²) in [6, 6.07) is 7.66. The van der Waals surface area contributed by atoms with Crippen LogP contribution in [0.3, 0.4) is 0 Å². The monoisotopic (exact) mass is 459 g/mol. The van der Waals surface area contributed by atoms with Gasteiger partial charge in [0.25, 0.3) is 0 Å². The Morgan fingerprint density at radius 2 is 1.94 bits per heavy atom. The molecule has 9 heteroatoms. The normalized spacial score (nSPS) is 18.9. The lowest BCUT2D eigenvalue weighted by atomic mass is 9.79. The number of aromatic nitrogens is 3. The third kappa shape index (κ3) is 5.22. The number of hydrogen-bond donors (Lipinski definition) is 2. The lowest BCUT2D eigenvalue weighted by Crippen LogP contribution is -2.59. The van der Waals surface area contributed by atoms with E-state index in [0.29, 0.717) is 24.3 Å². The number of hydrogen-bond acceptors (Lipinski definition) is 6. The summed E-state index contributed by atoms with van der Waals surface area (Å²) in [5.74, 6) is 1.56. The number of benzene rings is 1. The maximum absolute atomic E-state index is 12.8. The van der Waals surface area contributed by atoms with Gasteiger partial charge in [-0.25, -0.2) is 0 Å². The van der Waals surface area contributed by atoms with Crippen LogP contribution in [0.4, 0.5) is 0 Å². The maximum atomic E-state index is 12.8. The van der Waals surface area contributed by atoms with Crippen LogP contribution in [-0.2, 0) is 16.1 Å². The number of amides is 1. The first kappa shape index (κ1) is 22.9. The van der Waals surface area contributed by atoms with Gasteiger partial charge in [0.15, 0.2) is 10.6 Å². The number of nitrogens with one attached hydrogen (secondary N) is 2. The lowest BCUT2D eigenvalue weighted by molar-refractivity contribution is -0.122. The molecule has 1 aromatic heterocycles. The van der Waals surface area contributed by atoms with Crippen molar-refractivity contribution in [1.82, 2.24) is 25.0 Å². The van der Waals surface area contributed by atoms with E-state index in [4.69, 9.17) is 21.7 Å². The standard InChI is InChI=1S/C23H33N5O3S/c1-30-19-7-5-18(6-8-19)21-25-26-22(32)28(21)12-9-20(29)24-17-23(10-3-2-4-11-23)27-13-15-31-16-14-27/h5-8H,2-4,9-17H2,1H3,(H,24,29)(H,26,32). The van der Waals surface area contributed by atoms with Crippen LogP contribution in [-0.4, -0.2) is 71.1 Å². The summed E-state index contributed by atoms with van der Waals surface area (Å²) >= 11 is 5.41. The molecule has 1 saturated heterocycles. The van der Waals surface area contributed by atoms with Crippen LogP contribution in [0.1, 0.15) is 38.5 Å². The molecule has 2 aromatic rings. The average molecular weight is 460 g/mol. The zero-order valence-corrected chi connectivity index (χ0v) is 19.6. The molecule has 0 atom stereocenters. The van der Waals surface area contributed by atoms with E-state index in [-0.39, 0.29) is 11.4 Å². The van der Waals surface area contributed by atoms with E-state index in [9.17, 15) is 4.79 Å². The van der Waals surface area contributed by atoms with Gasteiger partial charge < -0.3 is 14.8 Å². The summed E-state index contributed by atoms with van der Waals surface area (Å²) in [5.41, 5.74) is 0.991. The second kappa shape index (κ2) is 10.6. The SMILES string of the molecule is COc1ccc(-c2n[nH]c(=S)n2CCC(=O)NCC2(N3CCOCC3)CCCCC2)cc1. The topological polar surface area (TPSA) is 84.4 Å². The van der Waals surface area contributed by atoms with E-state index in [2.05, 4.69) is 20.4 Å². The van der Waals surface area contributed by atoms with Crippen molar-refractivity contribution in [2.45, 2.75) is 50.6 Å². The van der Waals surface area contributed by atoms with E-state index in [1.54, 1.807) is 7.11 Å². The molecule has 1 aliphatic heterocycles. The van der Waals surface area contributed by atoms with Crippen molar-refractivity contribution < 1.29 is 14.3 Å². The fraction of sp³-hybridized carbons (Fsp3) is 0.609. The van der Waals surface area contributed by atoms with E-state index in [1.807, 2.05) is 28.8 Å². The Hall–Kier alpha value is -2.23. The molecule has 2 fully saturated rings. The van der Waals surface area contributed by atoms with Gasteiger partial charge in [-0.2, -0.15) is 5.10 Å². The number of carbonyl (C=O) groups is 1. The van der Waals surface area contributed by atoms with Crippen LogP contribution in [0.2, 0.25) is 0 Å². The smallest absolute Gasteiger partial charge is 0.221 e. The first-order valence-corrected chi connectivity index (χ1v) is 11.9. The van der Waals surface area contributed by atoms with Gasteiger partial charge in [0.2, 0.25) is 5.91 Å². The van der Waals surface area contributed by atoms with E-state index >= 15 is 0 Å². The predicted octanol–water partition coefficient (Wildman–Crippen LogP) is 3.16. The predicted molar refractivity (Wildman–Crippen MR) is 125 cm³/mol. The molecule has 1 amide bonds. The zero-order valence-electron chi connectivity index (χ0n) is 18.8. The second-order valence-corrected chi connectivity index (χ2v) is 9.03. The van der Waals surface area contributed by atoms with Crippen molar-refractivity contribution in [3.05, 3.63) is 29.0 Å². The van der Waals surface area contributed by atoms with Gasteiger partial charge in [-0.1, -0.05) is 19.3 Å². The summed E-state index contributed by atoms with van der Waals surface area (Å²) < 4.78 is 13.2. The Morgan fingerprint density at radius 3 is 2.62 bits per heavy atom. The first-order chi connectivity index (χ1) is 15.6. The van der Waals surface area contributed by atoms with Gasteiger partial charge >= 0.3 is 0 Å². The number of methoxy groups -OCH3 is 1. The molecule has 0 bridgehead atoms. The first-order valence-electron chi connectivity index (χ1n) is 11.5. The van der Waals surface area contributed by atoms with Crippen molar-refractivity contribution >= 4 is 18.1 Å². The lowest BCUT2D eigenvalue weighted by Gasteiger charge is -2.48.